The molecule has 0 amide bonds. The summed E-state index contributed by atoms with van der Waals surface area (Å²) in [6.45, 7) is 0. The van der Waals surface area contributed by atoms with Crippen LogP contribution in [0.4, 0.5) is 0 Å². The van der Waals surface area contributed by atoms with Gasteiger partial charge in [0.15, 0.2) is 0 Å². The maximum atomic E-state index is 8.55. The minimum atomic E-state index is 0.514. The number of fused-ring (bicyclic) bond motifs is 1. The third-order valence-corrected chi connectivity index (χ3v) is 1.72. The number of benzene rings is 1. The van der Waals surface area contributed by atoms with Crippen molar-refractivity contribution in [2.24, 2.45) is 5.16 Å². The lowest BCUT2D eigenvalue weighted by atomic mass is 10.1. The Balaban J connectivity index is 2.78. The van der Waals surface area contributed by atoms with E-state index in [1.54, 1.807) is 30.5 Å². The molecule has 13 heavy (non-hydrogen) atoms. The van der Waals surface area contributed by atoms with Crippen LogP contribution in [0.25, 0.3) is 11.3 Å². The van der Waals surface area contributed by atoms with E-state index in [9.17, 15) is 0 Å². The van der Waals surface area contributed by atoms with Crippen LogP contribution in [0.2, 0.25) is 0 Å². The van der Waals surface area contributed by atoms with Crippen molar-refractivity contribution < 1.29 is 5.21 Å². The van der Waals surface area contributed by atoms with Gasteiger partial charge in [-0.1, -0.05) is 11.2 Å². The number of hydrogen-bond donors (Lipinski definition) is 1. The molecule has 0 saturated heterocycles. The van der Waals surface area contributed by atoms with Gasteiger partial charge in [-0.25, -0.2) is 0 Å². The normalized spacial score (nSPS) is 11.8. The molecule has 0 aromatic rings. The van der Waals surface area contributed by atoms with Crippen molar-refractivity contribution in [2.75, 3.05) is 0 Å². The van der Waals surface area contributed by atoms with Crippen molar-refractivity contribution in [3.63, 3.8) is 0 Å². The van der Waals surface area contributed by atoms with E-state index >= 15 is 0 Å². The highest BCUT2D eigenvalue weighted by atomic mass is 16.4. The van der Waals surface area contributed by atoms with Crippen molar-refractivity contribution in [1.29, 1.82) is 0 Å². The van der Waals surface area contributed by atoms with Crippen LogP contribution in [0.3, 0.4) is 0 Å². The van der Waals surface area contributed by atoms with Gasteiger partial charge in [0, 0.05) is 11.8 Å². The second-order valence-corrected chi connectivity index (χ2v) is 2.57. The Hall–Kier alpha value is -1.97. The minimum absolute atomic E-state index is 0.514. The highest BCUT2D eigenvalue weighted by molar-refractivity contribution is 5.58. The van der Waals surface area contributed by atoms with Crippen LogP contribution in [0.5, 0.6) is 0 Å². The third-order valence-electron chi connectivity index (χ3n) is 1.72. The maximum absolute atomic E-state index is 8.55. The Bertz CT molecular complexity index is 455. The van der Waals surface area contributed by atoms with Gasteiger partial charge in [0.1, 0.15) is 5.36 Å². The monoisotopic (exact) mass is 173 g/mol. The fourth-order valence-corrected chi connectivity index (χ4v) is 1.11. The smallest absolute Gasteiger partial charge is 0.103 e. The van der Waals surface area contributed by atoms with Crippen LogP contribution < -0.4 is 5.36 Å². The summed E-state index contributed by atoms with van der Waals surface area (Å²) in [6.07, 6.45) is 1.61. The Labute approximate surface area is 74.5 Å². The van der Waals surface area contributed by atoms with Crippen LogP contribution in [0.15, 0.2) is 41.7 Å². The Morgan fingerprint density at radius 1 is 1.23 bits per heavy atom. The lowest BCUT2D eigenvalue weighted by Crippen LogP contribution is -2.00. The summed E-state index contributed by atoms with van der Waals surface area (Å²) >= 11 is 0. The molecule has 4 nitrogen and oxygen atoms in total. The highest BCUT2D eigenvalue weighted by Gasteiger charge is 1.98. The van der Waals surface area contributed by atoms with Gasteiger partial charge in [-0.15, -0.1) is 0 Å². The zero-order valence-corrected chi connectivity index (χ0v) is 6.75. The van der Waals surface area contributed by atoms with E-state index in [2.05, 4.69) is 15.4 Å². The Kier molecular flexibility index (Phi) is 1.88. The van der Waals surface area contributed by atoms with E-state index in [1.807, 2.05) is 6.07 Å². The molecule has 2 aliphatic rings. The first-order chi connectivity index (χ1) is 6.40. The van der Waals surface area contributed by atoms with Crippen LogP contribution in [0, 0.1) is 0 Å². The lowest BCUT2D eigenvalue weighted by molar-refractivity contribution is 0.302. The van der Waals surface area contributed by atoms with Crippen LogP contribution in [0.1, 0.15) is 0 Å². The summed E-state index contributed by atoms with van der Waals surface area (Å²) in [5.41, 5.74) is 1.67. The lowest BCUT2D eigenvalue weighted by Gasteiger charge is -1.95. The first-order valence-corrected chi connectivity index (χ1v) is 3.80. The SMILES string of the molecule is ON=c1ccc2nncccc-2c1. The molecule has 2 rings (SSSR count). The molecule has 0 unspecified atom stereocenters. The summed E-state index contributed by atoms with van der Waals surface area (Å²) < 4.78 is 0. The van der Waals surface area contributed by atoms with Gasteiger partial charge in [0.05, 0.1) is 5.69 Å². The van der Waals surface area contributed by atoms with Gasteiger partial charge in [-0.05, 0) is 24.3 Å². The first-order valence-electron chi connectivity index (χ1n) is 3.80. The molecule has 0 spiro atoms. The van der Waals surface area contributed by atoms with Gasteiger partial charge in [0.25, 0.3) is 0 Å². The number of hydrogen-bond acceptors (Lipinski definition) is 4. The molecule has 0 fully saturated rings. The Morgan fingerprint density at radius 2 is 2.15 bits per heavy atom. The molecule has 0 aromatic carbocycles. The molecule has 1 aliphatic carbocycles. The van der Waals surface area contributed by atoms with Gasteiger partial charge in [-0.3, -0.25) is 0 Å². The second-order valence-electron chi connectivity index (χ2n) is 2.57. The third kappa shape index (κ3) is 1.46. The predicted molar refractivity (Wildman–Crippen MR) is 46.0 cm³/mol. The number of aromatic nitrogens is 2. The van der Waals surface area contributed by atoms with Crippen molar-refractivity contribution in [1.82, 2.24) is 10.2 Å². The van der Waals surface area contributed by atoms with Crippen molar-refractivity contribution in [3.05, 3.63) is 41.9 Å². The predicted octanol–water partition coefficient (Wildman–Crippen LogP) is 0.871. The molecule has 1 aliphatic heterocycles. The van der Waals surface area contributed by atoms with E-state index in [0.29, 0.717) is 5.36 Å². The van der Waals surface area contributed by atoms with Gasteiger partial charge >= 0.3 is 0 Å². The van der Waals surface area contributed by atoms with E-state index in [-0.39, 0.29) is 0 Å². The topological polar surface area (TPSA) is 58.4 Å². The molecule has 1 heterocycles. The van der Waals surface area contributed by atoms with Crippen molar-refractivity contribution >= 4 is 0 Å². The molecular weight excluding hydrogens is 166 g/mol. The molecule has 1 N–H and O–H groups in total. The maximum Gasteiger partial charge on any atom is 0.103 e. The van der Waals surface area contributed by atoms with E-state index in [4.69, 9.17) is 5.21 Å². The zero-order chi connectivity index (χ0) is 9.10. The molecule has 0 saturated carbocycles. The highest BCUT2D eigenvalue weighted by Crippen LogP contribution is 2.12. The molecule has 4 heteroatoms. The van der Waals surface area contributed by atoms with Gasteiger partial charge in [-0.2, -0.15) is 10.2 Å². The average Bonchev–Trinajstić information content (AvgIpc) is 2.41. The molecule has 0 atom stereocenters. The quantitative estimate of drug-likeness (QED) is 0.475. The van der Waals surface area contributed by atoms with Gasteiger partial charge in [0.2, 0.25) is 0 Å². The molecule has 0 bridgehead atoms. The summed E-state index contributed by atoms with van der Waals surface area (Å²) in [6, 6.07) is 8.83. The first kappa shape index (κ1) is 7.67. The summed E-state index contributed by atoms with van der Waals surface area (Å²) in [4.78, 5) is 0. The summed E-state index contributed by atoms with van der Waals surface area (Å²) in [5.74, 6) is 0. The average molecular weight is 173 g/mol. The second kappa shape index (κ2) is 3.18. The standard InChI is InChI=1S/C9H7N3O/c13-12-8-3-4-9-7(6-8)2-1-5-10-11-9/h1-6,13H. The zero-order valence-electron chi connectivity index (χ0n) is 6.75. The Morgan fingerprint density at radius 3 is 3.00 bits per heavy atom. The van der Waals surface area contributed by atoms with Crippen molar-refractivity contribution in [3.8, 4) is 11.3 Å². The molecule has 0 radical (unpaired) electrons. The molecular formula is C9H7N3O. The van der Waals surface area contributed by atoms with Crippen LogP contribution in [-0.4, -0.2) is 15.4 Å². The summed E-state index contributed by atoms with van der Waals surface area (Å²) in [7, 11) is 0. The van der Waals surface area contributed by atoms with Crippen LogP contribution in [-0.2, 0) is 0 Å². The fourth-order valence-electron chi connectivity index (χ4n) is 1.11. The van der Waals surface area contributed by atoms with Gasteiger partial charge < -0.3 is 5.21 Å². The van der Waals surface area contributed by atoms with E-state index in [1.165, 1.54) is 0 Å². The minimum Gasteiger partial charge on any atom is -0.410 e. The summed E-state index contributed by atoms with van der Waals surface area (Å²) in [5, 5.41) is 19.9. The van der Waals surface area contributed by atoms with E-state index in [0.717, 1.165) is 11.3 Å². The largest absolute Gasteiger partial charge is 0.410 e. The van der Waals surface area contributed by atoms with Crippen LogP contribution >= 0.6 is 0 Å². The molecule has 64 valence electrons. The van der Waals surface area contributed by atoms with E-state index < -0.39 is 0 Å². The number of nitrogens with zero attached hydrogens (tertiary/aromatic N) is 3. The fraction of sp³-hybridized carbons (Fsp3) is 0. The molecule has 0 aromatic heterocycles. The number of rotatable bonds is 0. The van der Waals surface area contributed by atoms with Crippen molar-refractivity contribution in [2.45, 2.75) is 0 Å².